The van der Waals surface area contributed by atoms with Crippen LogP contribution in [0.2, 0.25) is 0 Å². The molecule has 0 unspecified atom stereocenters. The van der Waals surface area contributed by atoms with Crippen molar-refractivity contribution >= 4 is 38.3 Å². The number of allylic oxidation sites excluding steroid dienone is 1. The van der Waals surface area contributed by atoms with E-state index in [0.29, 0.717) is 22.1 Å². The standard InChI is InChI=1S/C21H17F3N2O3S2/c1-31(28,29)15-6-4-5-13(9-15)14-10-19(30-12-14)17(11-20(25)21(22,23)24)26-16-7-2-3-8-18(16)27/h2-12,25-27H,1H3/b17-11-,25-20?. The molecule has 0 saturated heterocycles. The van der Waals surface area contributed by atoms with Crippen molar-refractivity contribution in [3.8, 4) is 16.9 Å². The lowest BCUT2D eigenvalue weighted by Gasteiger charge is -2.12. The molecule has 0 amide bonds. The molecule has 2 aromatic carbocycles. The van der Waals surface area contributed by atoms with Crippen LogP contribution in [0.1, 0.15) is 4.88 Å². The minimum atomic E-state index is -4.84. The lowest BCUT2D eigenvalue weighted by atomic mass is 10.1. The van der Waals surface area contributed by atoms with Gasteiger partial charge in [0.2, 0.25) is 0 Å². The van der Waals surface area contributed by atoms with Crippen LogP contribution < -0.4 is 5.32 Å². The van der Waals surface area contributed by atoms with Gasteiger partial charge in [0.05, 0.1) is 21.2 Å². The zero-order valence-corrected chi connectivity index (χ0v) is 17.7. The average molecular weight is 467 g/mol. The Morgan fingerprint density at radius 1 is 1.10 bits per heavy atom. The Balaban J connectivity index is 2.03. The largest absolute Gasteiger partial charge is 0.506 e. The smallest absolute Gasteiger partial charge is 0.432 e. The first-order chi connectivity index (χ1) is 14.4. The van der Waals surface area contributed by atoms with E-state index in [1.807, 2.05) is 0 Å². The molecule has 0 aliphatic heterocycles. The molecule has 0 aliphatic carbocycles. The molecule has 0 aliphatic rings. The SMILES string of the molecule is CS(=O)(=O)c1cccc(-c2csc(/C(=C/C(=N)C(F)(F)F)Nc3ccccc3O)c2)c1. The molecule has 162 valence electrons. The van der Waals surface area contributed by atoms with Crippen molar-refractivity contribution in [2.75, 3.05) is 11.6 Å². The first kappa shape index (κ1) is 22.6. The average Bonchev–Trinajstić information content (AvgIpc) is 3.18. The summed E-state index contributed by atoms with van der Waals surface area (Å²) in [6, 6.07) is 13.9. The van der Waals surface area contributed by atoms with Crippen molar-refractivity contribution < 1.29 is 26.7 Å². The van der Waals surface area contributed by atoms with Crippen LogP contribution in [0.25, 0.3) is 16.8 Å². The molecule has 0 bridgehead atoms. The number of para-hydroxylation sites is 2. The molecular weight excluding hydrogens is 449 g/mol. The molecule has 0 radical (unpaired) electrons. The number of sulfone groups is 1. The fourth-order valence-electron chi connectivity index (χ4n) is 2.65. The highest BCUT2D eigenvalue weighted by Crippen LogP contribution is 2.34. The predicted molar refractivity (Wildman–Crippen MR) is 116 cm³/mol. The Labute approximate surface area is 180 Å². The van der Waals surface area contributed by atoms with E-state index < -0.39 is 21.7 Å². The van der Waals surface area contributed by atoms with Gasteiger partial charge < -0.3 is 10.4 Å². The van der Waals surface area contributed by atoms with Crippen LogP contribution in [0, 0.1) is 5.41 Å². The highest BCUT2D eigenvalue weighted by molar-refractivity contribution is 7.90. The van der Waals surface area contributed by atoms with Gasteiger partial charge in [0.1, 0.15) is 11.5 Å². The third-order valence-corrected chi connectivity index (χ3v) is 6.30. The summed E-state index contributed by atoms with van der Waals surface area (Å²) in [6.07, 6.45) is -3.10. The maximum atomic E-state index is 13.0. The quantitative estimate of drug-likeness (QED) is 0.328. The van der Waals surface area contributed by atoms with Crippen LogP contribution in [0.15, 0.2) is 70.9 Å². The van der Waals surface area contributed by atoms with E-state index in [-0.39, 0.29) is 22.0 Å². The maximum absolute atomic E-state index is 13.0. The molecule has 0 fully saturated rings. The number of thiophene rings is 1. The summed E-state index contributed by atoms with van der Waals surface area (Å²) in [4.78, 5) is 0.497. The van der Waals surface area contributed by atoms with Gasteiger partial charge >= 0.3 is 6.18 Å². The summed E-state index contributed by atoms with van der Waals surface area (Å²) < 4.78 is 62.5. The van der Waals surface area contributed by atoms with E-state index in [0.717, 1.165) is 17.6 Å². The summed E-state index contributed by atoms with van der Waals surface area (Å²) in [5.74, 6) is -0.162. The fourth-order valence-corrected chi connectivity index (χ4v) is 4.21. The second-order valence-corrected chi connectivity index (χ2v) is 9.54. The number of anilines is 1. The number of aromatic hydroxyl groups is 1. The van der Waals surface area contributed by atoms with Crippen molar-refractivity contribution in [3.63, 3.8) is 0 Å². The van der Waals surface area contributed by atoms with E-state index in [2.05, 4.69) is 5.32 Å². The number of hydrogen-bond donors (Lipinski definition) is 3. The Morgan fingerprint density at radius 3 is 2.45 bits per heavy atom. The van der Waals surface area contributed by atoms with Crippen molar-refractivity contribution in [1.82, 2.24) is 0 Å². The topological polar surface area (TPSA) is 90.2 Å². The van der Waals surface area contributed by atoms with Gasteiger partial charge in [-0.15, -0.1) is 11.3 Å². The molecule has 10 heteroatoms. The van der Waals surface area contributed by atoms with Gasteiger partial charge in [-0.3, -0.25) is 5.41 Å². The lowest BCUT2D eigenvalue weighted by molar-refractivity contribution is -0.0583. The van der Waals surface area contributed by atoms with Gasteiger partial charge in [-0.1, -0.05) is 24.3 Å². The molecule has 1 heterocycles. The van der Waals surface area contributed by atoms with Crippen molar-refractivity contribution in [2.45, 2.75) is 11.1 Å². The van der Waals surface area contributed by atoms with Crippen LogP contribution >= 0.6 is 11.3 Å². The minimum absolute atomic E-state index is 0.0284. The Hall–Kier alpha value is -3.11. The van der Waals surface area contributed by atoms with Crippen molar-refractivity contribution in [3.05, 3.63) is 70.9 Å². The van der Waals surface area contributed by atoms with E-state index in [4.69, 9.17) is 5.41 Å². The number of benzene rings is 2. The molecule has 0 atom stereocenters. The van der Waals surface area contributed by atoms with Gasteiger partial charge in [0.25, 0.3) is 0 Å². The van der Waals surface area contributed by atoms with Gasteiger partial charge in [0, 0.05) is 6.26 Å². The van der Waals surface area contributed by atoms with Gasteiger partial charge in [-0.25, -0.2) is 8.42 Å². The van der Waals surface area contributed by atoms with E-state index in [1.54, 1.807) is 35.7 Å². The fraction of sp³-hybridized carbons (Fsp3) is 0.0952. The summed E-state index contributed by atoms with van der Waals surface area (Å²) in [5, 5.41) is 21.7. The number of hydrogen-bond acceptors (Lipinski definition) is 6. The molecular formula is C21H17F3N2O3S2. The first-order valence-electron chi connectivity index (χ1n) is 8.77. The van der Waals surface area contributed by atoms with Crippen LogP contribution in [0.5, 0.6) is 5.75 Å². The molecule has 31 heavy (non-hydrogen) atoms. The molecule has 3 rings (SSSR count). The minimum Gasteiger partial charge on any atom is -0.506 e. The molecule has 0 spiro atoms. The molecule has 3 aromatic rings. The van der Waals surface area contributed by atoms with Crippen LogP contribution in [0.4, 0.5) is 18.9 Å². The zero-order chi connectivity index (χ0) is 22.8. The molecule has 3 N–H and O–H groups in total. The number of halogens is 3. The molecule has 5 nitrogen and oxygen atoms in total. The van der Waals surface area contributed by atoms with Crippen molar-refractivity contribution in [2.24, 2.45) is 0 Å². The van der Waals surface area contributed by atoms with Gasteiger partial charge in [0.15, 0.2) is 9.84 Å². The number of rotatable bonds is 6. The zero-order valence-electron chi connectivity index (χ0n) is 16.1. The Kier molecular flexibility index (Phi) is 6.23. The summed E-state index contributed by atoms with van der Waals surface area (Å²) in [7, 11) is -3.42. The summed E-state index contributed by atoms with van der Waals surface area (Å²) in [5.41, 5.74) is -0.219. The molecule has 0 saturated carbocycles. The maximum Gasteiger partial charge on any atom is 0.432 e. The second-order valence-electron chi connectivity index (χ2n) is 6.61. The highest BCUT2D eigenvalue weighted by Gasteiger charge is 2.33. The lowest BCUT2D eigenvalue weighted by Crippen LogP contribution is -2.20. The van der Waals surface area contributed by atoms with Gasteiger partial charge in [-0.2, -0.15) is 13.2 Å². The number of alkyl halides is 3. The summed E-state index contributed by atoms with van der Waals surface area (Å²) >= 11 is 1.12. The Bertz CT molecular complexity index is 1260. The normalized spacial score (nSPS) is 12.6. The van der Waals surface area contributed by atoms with Crippen LogP contribution in [-0.4, -0.2) is 31.7 Å². The number of phenols is 1. The monoisotopic (exact) mass is 466 g/mol. The van der Waals surface area contributed by atoms with E-state index in [1.165, 1.54) is 24.3 Å². The highest BCUT2D eigenvalue weighted by atomic mass is 32.2. The molecule has 1 aromatic heterocycles. The van der Waals surface area contributed by atoms with E-state index >= 15 is 0 Å². The number of nitrogens with one attached hydrogen (secondary N) is 2. The van der Waals surface area contributed by atoms with Crippen molar-refractivity contribution in [1.29, 1.82) is 5.41 Å². The number of phenolic OH excluding ortho intramolecular Hbond substituents is 1. The van der Waals surface area contributed by atoms with E-state index in [9.17, 15) is 26.7 Å². The van der Waals surface area contributed by atoms with Crippen LogP contribution in [0.3, 0.4) is 0 Å². The second kappa shape index (κ2) is 8.56. The van der Waals surface area contributed by atoms with Gasteiger partial charge in [-0.05, 0) is 52.9 Å². The third kappa shape index (κ3) is 5.53. The predicted octanol–water partition coefficient (Wildman–Crippen LogP) is 5.56. The third-order valence-electron chi connectivity index (χ3n) is 4.23. The first-order valence-corrected chi connectivity index (χ1v) is 11.5. The Morgan fingerprint density at radius 2 is 1.81 bits per heavy atom. The summed E-state index contributed by atoms with van der Waals surface area (Å²) in [6.45, 7) is 0. The van der Waals surface area contributed by atoms with Crippen LogP contribution in [-0.2, 0) is 9.84 Å².